The molecule has 2 aliphatic heterocycles. The maximum Gasteiger partial charge on any atom is 0.0844 e. The van der Waals surface area contributed by atoms with Crippen LogP contribution in [0.15, 0.2) is 0 Å². The van der Waals surface area contributed by atoms with Gasteiger partial charge in [0.2, 0.25) is 0 Å². The Kier molecular flexibility index (Phi) is 2.99. The molecule has 1 saturated carbocycles. The average molecular weight is 238 g/mol. The minimum Gasteiger partial charge on any atom is -0.378 e. The molecule has 2 heteroatoms. The fourth-order valence-electron chi connectivity index (χ4n) is 3.88. The lowest BCUT2D eigenvalue weighted by molar-refractivity contribution is -0.0615. The molecule has 0 aromatic rings. The molecule has 0 bridgehead atoms. The lowest BCUT2D eigenvalue weighted by atomic mass is 9.63. The lowest BCUT2D eigenvalue weighted by Gasteiger charge is -2.44. The highest BCUT2D eigenvalue weighted by atomic mass is 16.6. The third kappa shape index (κ3) is 2.26. The van der Waals surface area contributed by atoms with E-state index in [1.165, 1.54) is 32.1 Å². The quantitative estimate of drug-likeness (QED) is 0.688. The first-order valence-corrected chi connectivity index (χ1v) is 7.34. The van der Waals surface area contributed by atoms with Gasteiger partial charge in [-0.1, -0.05) is 13.8 Å². The summed E-state index contributed by atoms with van der Waals surface area (Å²) in [5.74, 6) is 1.59. The van der Waals surface area contributed by atoms with Gasteiger partial charge in [0.05, 0.1) is 24.9 Å². The van der Waals surface area contributed by atoms with Crippen LogP contribution in [0.25, 0.3) is 0 Å². The molecular formula is C15H26O2. The molecule has 1 aliphatic carbocycles. The standard InChI is InChI=1S/C15H26O2/c1-10-4-5-12(9-16-10)15(2,3)11-6-7-13-14(8-11)17-13/h10-14H,4-9H2,1-3H3. The maximum absolute atomic E-state index is 5.87. The highest BCUT2D eigenvalue weighted by molar-refractivity contribution is 4.98. The second-order valence-electron chi connectivity index (χ2n) is 6.96. The number of ether oxygens (including phenoxy) is 2. The monoisotopic (exact) mass is 238 g/mol. The molecule has 2 saturated heterocycles. The van der Waals surface area contributed by atoms with Gasteiger partial charge in [0, 0.05) is 0 Å². The maximum atomic E-state index is 5.87. The van der Waals surface area contributed by atoms with Crippen molar-refractivity contribution in [1.82, 2.24) is 0 Å². The van der Waals surface area contributed by atoms with Gasteiger partial charge in [-0.3, -0.25) is 0 Å². The molecular weight excluding hydrogens is 212 g/mol. The molecule has 0 aromatic carbocycles. The molecule has 5 atom stereocenters. The van der Waals surface area contributed by atoms with E-state index < -0.39 is 0 Å². The molecule has 0 amide bonds. The fourth-order valence-corrected chi connectivity index (χ4v) is 3.88. The van der Waals surface area contributed by atoms with Crippen LogP contribution in [-0.4, -0.2) is 24.9 Å². The topological polar surface area (TPSA) is 21.8 Å². The van der Waals surface area contributed by atoms with E-state index in [4.69, 9.17) is 9.47 Å². The largest absolute Gasteiger partial charge is 0.378 e. The van der Waals surface area contributed by atoms with Gasteiger partial charge >= 0.3 is 0 Å². The molecule has 3 rings (SSSR count). The number of epoxide rings is 1. The van der Waals surface area contributed by atoms with Crippen molar-refractivity contribution >= 4 is 0 Å². The Balaban J connectivity index is 1.63. The van der Waals surface area contributed by atoms with Gasteiger partial charge in [-0.25, -0.2) is 0 Å². The summed E-state index contributed by atoms with van der Waals surface area (Å²) in [7, 11) is 0. The van der Waals surface area contributed by atoms with Crippen molar-refractivity contribution in [2.45, 2.75) is 71.2 Å². The Hall–Kier alpha value is -0.0800. The normalized spacial score (nSPS) is 46.4. The van der Waals surface area contributed by atoms with Crippen molar-refractivity contribution in [2.24, 2.45) is 17.3 Å². The van der Waals surface area contributed by atoms with Crippen molar-refractivity contribution in [2.75, 3.05) is 6.61 Å². The molecule has 17 heavy (non-hydrogen) atoms. The molecule has 2 heterocycles. The number of fused-ring (bicyclic) bond motifs is 1. The van der Waals surface area contributed by atoms with Gasteiger partial charge in [0.15, 0.2) is 0 Å². The molecule has 5 unspecified atom stereocenters. The second-order valence-corrected chi connectivity index (χ2v) is 6.96. The predicted octanol–water partition coefficient (Wildman–Crippen LogP) is 3.40. The molecule has 0 spiro atoms. The van der Waals surface area contributed by atoms with E-state index in [9.17, 15) is 0 Å². The van der Waals surface area contributed by atoms with Crippen LogP contribution >= 0.6 is 0 Å². The van der Waals surface area contributed by atoms with E-state index in [1.54, 1.807) is 0 Å². The van der Waals surface area contributed by atoms with E-state index in [0.717, 1.165) is 18.4 Å². The number of rotatable bonds is 2. The van der Waals surface area contributed by atoms with Crippen LogP contribution in [-0.2, 0) is 9.47 Å². The van der Waals surface area contributed by atoms with E-state index in [0.29, 0.717) is 23.7 Å². The van der Waals surface area contributed by atoms with Gasteiger partial charge in [-0.05, 0) is 56.3 Å². The number of hydrogen-bond donors (Lipinski definition) is 0. The summed E-state index contributed by atoms with van der Waals surface area (Å²) in [6, 6.07) is 0. The van der Waals surface area contributed by atoms with Crippen molar-refractivity contribution in [1.29, 1.82) is 0 Å². The molecule has 0 radical (unpaired) electrons. The smallest absolute Gasteiger partial charge is 0.0844 e. The van der Waals surface area contributed by atoms with Crippen molar-refractivity contribution < 1.29 is 9.47 Å². The fraction of sp³-hybridized carbons (Fsp3) is 1.00. The Labute approximate surface area is 105 Å². The van der Waals surface area contributed by atoms with Gasteiger partial charge in [0.25, 0.3) is 0 Å². The van der Waals surface area contributed by atoms with Crippen LogP contribution in [0.1, 0.15) is 52.9 Å². The van der Waals surface area contributed by atoms with Crippen LogP contribution in [0.2, 0.25) is 0 Å². The Morgan fingerprint density at radius 1 is 0.941 bits per heavy atom. The van der Waals surface area contributed by atoms with Crippen molar-refractivity contribution in [3.8, 4) is 0 Å². The Bertz CT molecular complexity index is 279. The van der Waals surface area contributed by atoms with Crippen molar-refractivity contribution in [3.05, 3.63) is 0 Å². The Morgan fingerprint density at radius 3 is 2.35 bits per heavy atom. The first kappa shape index (κ1) is 12.0. The second kappa shape index (κ2) is 4.24. The first-order chi connectivity index (χ1) is 8.07. The van der Waals surface area contributed by atoms with Gasteiger partial charge in [0.1, 0.15) is 0 Å². The van der Waals surface area contributed by atoms with Crippen molar-refractivity contribution in [3.63, 3.8) is 0 Å². The van der Waals surface area contributed by atoms with Gasteiger partial charge in [-0.2, -0.15) is 0 Å². The summed E-state index contributed by atoms with van der Waals surface area (Å²) in [6.07, 6.45) is 8.25. The minimum absolute atomic E-state index is 0.428. The summed E-state index contributed by atoms with van der Waals surface area (Å²) >= 11 is 0. The molecule has 98 valence electrons. The molecule has 0 N–H and O–H groups in total. The SMILES string of the molecule is CC1CCC(C(C)(C)C2CCC3OC3C2)CO1. The highest BCUT2D eigenvalue weighted by Crippen LogP contribution is 2.50. The van der Waals surface area contributed by atoms with Crippen LogP contribution in [0.5, 0.6) is 0 Å². The van der Waals surface area contributed by atoms with E-state index >= 15 is 0 Å². The molecule has 2 nitrogen and oxygen atoms in total. The molecule has 3 aliphatic rings. The van der Waals surface area contributed by atoms with E-state index in [1.807, 2.05) is 0 Å². The average Bonchev–Trinajstić information content (AvgIpc) is 3.07. The molecule has 3 fully saturated rings. The van der Waals surface area contributed by atoms with E-state index in [2.05, 4.69) is 20.8 Å². The van der Waals surface area contributed by atoms with Crippen LogP contribution in [0.3, 0.4) is 0 Å². The van der Waals surface area contributed by atoms with Crippen LogP contribution in [0, 0.1) is 17.3 Å². The van der Waals surface area contributed by atoms with Crippen LogP contribution in [0.4, 0.5) is 0 Å². The number of hydrogen-bond acceptors (Lipinski definition) is 2. The zero-order valence-electron chi connectivity index (χ0n) is 11.4. The summed E-state index contributed by atoms with van der Waals surface area (Å²) in [5, 5.41) is 0. The first-order valence-electron chi connectivity index (χ1n) is 7.34. The Morgan fingerprint density at radius 2 is 1.71 bits per heavy atom. The zero-order valence-corrected chi connectivity index (χ0v) is 11.4. The third-order valence-electron chi connectivity index (χ3n) is 5.61. The predicted molar refractivity (Wildman–Crippen MR) is 67.9 cm³/mol. The molecule has 0 aromatic heterocycles. The minimum atomic E-state index is 0.428. The highest BCUT2D eigenvalue weighted by Gasteiger charge is 2.49. The third-order valence-corrected chi connectivity index (χ3v) is 5.61. The van der Waals surface area contributed by atoms with E-state index in [-0.39, 0.29) is 0 Å². The summed E-state index contributed by atoms with van der Waals surface area (Å²) < 4.78 is 11.5. The van der Waals surface area contributed by atoms with Crippen LogP contribution < -0.4 is 0 Å². The van der Waals surface area contributed by atoms with Gasteiger partial charge in [-0.15, -0.1) is 0 Å². The lowest BCUT2D eigenvalue weighted by Crippen LogP contribution is -2.40. The summed E-state index contributed by atoms with van der Waals surface area (Å²) in [5.41, 5.74) is 0.428. The van der Waals surface area contributed by atoms with Gasteiger partial charge < -0.3 is 9.47 Å². The summed E-state index contributed by atoms with van der Waals surface area (Å²) in [6.45, 7) is 8.10. The summed E-state index contributed by atoms with van der Waals surface area (Å²) in [4.78, 5) is 0. The zero-order chi connectivity index (χ0) is 12.0.